The molecule has 0 aliphatic carbocycles. The van der Waals surface area contributed by atoms with Crippen LogP contribution in [0.1, 0.15) is 21.5 Å². The Balaban J connectivity index is 1.37. The number of aromatic nitrogens is 2. The van der Waals surface area contributed by atoms with Crippen LogP contribution in [0, 0.1) is 13.8 Å². The summed E-state index contributed by atoms with van der Waals surface area (Å²) in [6.07, 6.45) is 1.78. The molecule has 2 N–H and O–H groups in total. The second-order valence-electron chi connectivity index (χ2n) is 7.26. The van der Waals surface area contributed by atoms with E-state index in [0.29, 0.717) is 11.3 Å². The van der Waals surface area contributed by atoms with Gasteiger partial charge in [-0.2, -0.15) is 0 Å². The van der Waals surface area contributed by atoms with Crippen molar-refractivity contribution in [1.82, 2.24) is 14.9 Å². The van der Waals surface area contributed by atoms with Crippen LogP contribution in [-0.2, 0) is 4.79 Å². The maximum atomic E-state index is 12.3. The van der Waals surface area contributed by atoms with Gasteiger partial charge in [-0.25, -0.2) is 4.98 Å². The molecule has 0 atom stereocenters. The minimum Gasteiger partial charge on any atom is -0.343 e. The van der Waals surface area contributed by atoms with Crippen molar-refractivity contribution in [3.63, 3.8) is 0 Å². The zero-order chi connectivity index (χ0) is 21.1. The first kappa shape index (κ1) is 19.4. The lowest BCUT2D eigenvalue weighted by Crippen LogP contribution is -2.32. The first-order valence-electron chi connectivity index (χ1n) is 9.68. The molecule has 0 saturated heterocycles. The van der Waals surface area contributed by atoms with E-state index in [1.54, 1.807) is 18.5 Å². The fourth-order valence-corrected chi connectivity index (χ4v) is 3.44. The van der Waals surface area contributed by atoms with Crippen LogP contribution in [0.25, 0.3) is 16.7 Å². The van der Waals surface area contributed by atoms with Crippen LogP contribution in [0.3, 0.4) is 0 Å². The van der Waals surface area contributed by atoms with E-state index in [2.05, 4.69) is 15.6 Å². The Labute approximate surface area is 174 Å². The number of nitrogens with zero attached hydrogens (tertiary/aromatic N) is 2. The summed E-state index contributed by atoms with van der Waals surface area (Å²) < 4.78 is 1.99. The first-order chi connectivity index (χ1) is 14.5. The highest BCUT2D eigenvalue weighted by molar-refractivity contribution is 5.99. The smallest absolute Gasteiger partial charge is 0.251 e. The van der Waals surface area contributed by atoms with E-state index in [9.17, 15) is 9.59 Å². The molecule has 0 bridgehead atoms. The Hall–Kier alpha value is -3.93. The number of carbonyl (C=O) groups excluding carboxylic acids is 2. The van der Waals surface area contributed by atoms with Gasteiger partial charge in [0.15, 0.2) is 0 Å². The first-order valence-corrected chi connectivity index (χ1v) is 9.68. The van der Waals surface area contributed by atoms with Gasteiger partial charge in [0, 0.05) is 16.9 Å². The minimum absolute atomic E-state index is 0.0975. The van der Waals surface area contributed by atoms with E-state index >= 15 is 0 Å². The molecule has 0 spiro atoms. The number of amides is 2. The molecule has 0 saturated carbocycles. The van der Waals surface area contributed by atoms with E-state index in [-0.39, 0.29) is 18.4 Å². The number of aryl methyl sites for hydroxylation is 2. The summed E-state index contributed by atoms with van der Waals surface area (Å²) in [6, 6.07) is 21.0. The van der Waals surface area contributed by atoms with Crippen LogP contribution in [0.5, 0.6) is 0 Å². The molecule has 6 heteroatoms. The molecule has 0 radical (unpaired) electrons. The molecule has 2 amide bonds. The van der Waals surface area contributed by atoms with Gasteiger partial charge in [0.1, 0.15) is 6.33 Å². The molecule has 30 heavy (non-hydrogen) atoms. The lowest BCUT2D eigenvalue weighted by atomic mass is 10.1. The molecule has 0 fully saturated rings. The second kappa shape index (κ2) is 8.21. The number of hydrogen-bond donors (Lipinski definition) is 2. The van der Waals surface area contributed by atoms with E-state index in [0.717, 1.165) is 27.8 Å². The third-order valence-corrected chi connectivity index (χ3v) is 4.78. The van der Waals surface area contributed by atoms with Crippen molar-refractivity contribution in [1.29, 1.82) is 0 Å². The van der Waals surface area contributed by atoms with Crippen LogP contribution >= 0.6 is 0 Å². The molecule has 1 heterocycles. The number of anilines is 1. The topological polar surface area (TPSA) is 76.0 Å². The predicted molar refractivity (Wildman–Crippen MR) is 118 cm³/mol. The van der Waals surface area contributed by atoms with Crippen molar-refractivity contribution in [2.75, 3.05) is 11.9 Å². The highest BCUT2D eigenvalue weighted by atomic mass is 16.2. The fraction of sp³-hybridized carbons (Fsp3) is 0.125. The van der Waals surface area contributed by atoms with Crippen LogP contribution in [0.4, 0.5) is 5.69 Å². The van der Waals surface area contributed by atoms with Gasteiger partial charge in [-0.1, -0.05) is 29.3 Å². The Morgan fingerprint density at radius 2 is 1.63 bits per heavy atom. The molecule has 1 aromatic heterocycles. The van der Waals surface area contributed by atoms with Crippen LogP contribution in [0.15, 0.2) is 73.1 Å². The number of rotatable bonds is 5. The van der Waals surface area contributed by atoms with Gasteiger partial charge in [-0.15, -0.1) is 0 Å². The van der Waals surface area contributed by atoms with Gasteiger partial charge in [0.25, 0.3) is 5.91 Å². The maximum absolute atomic E-state index is 12.3. The SMILES string of the molecule is Cc1cc(C)cc(C(=O)NCC(=O)Nc2ccc(-n3cnc4ccccc43)cc2)c1. The summed E-state index contributed by atoms with van der Waals surface area (Å²) in [7, 11) is 0. The minimum atomic E-state index is -0.284. The molecule has 150 valence electrons. The number of fused-ring (bicyclic) bond motifs is 1. The number of hydrogen-bond acceptors (Lipinski definition) is 3. The normalized spacial score (nSPS) is 10.7. The van der Waals surface area contributed by atoms with Crippen LogP contribution < -0.4 is 10.6 Å². The Kier molecular flexibility index (Phi) is 5.30. The van der Waals surface area contributed by atoms with Crippen molar-refractivity contribution in [3.05, 3.63) is 89.7 Å². The summed E-state index contributed by atoms with van der Waals surface area (Å²) in [5.41, 5.74) is 6.12. The van der Waals surface area contributed by atoms with Crippen molar-refractivity contribution in [3.8, 4) is 5.69 Å². The summed E-state index contributed by atoms with van der Waals surface area (Å²) >= 11 is 0. The molecule has 0 aliphatic heterocycles. The fourth-order valence-electron chi connectivity index (χ4n) is 3.44. The van der Waals surface area contributed by atoms with Gasteiger partial charge in [0.2, 0.25) is 5.91 Å². The Morgan fingerprint density at radius 1 is 0.933 bits per heavy atom. The highest BCUT2D eigenvalue weighted by Crippen LogP contribution is 2.19. The van der Waals surface area contributed by atoms with E-state index < -0.39 is 0 Å². The van der Waals surface area contributed by atoms with Gasteiger partial charge in [0.05, 0.1) is 17.6 Å². The average molecular weight is 398 g/mol. The Bertz CT molecular complexity index is 1210. The molecular formula is C24H22N4O2. The standard InChI is InChI=1S/C24H22N4O2/c1-16-11-17(2)13-18(12-16)24(30)25-14-23(29)27-19-7-9-20(10-8-19)28-15-26-21-5-3-4-6-22(21)28/h3-13,15H,14H2,1-2H3,(H,25,30)(H,27,29). The largest absolute Gasteiger partial charge is 0.343 e. The molecule has 3 aromatic carbocycles. The van der Waals surface area contributed by atoms with Gasteiger partial charge in [-0.3, -0.25) is 14.2 Å². The predicted octanol–water partition coefficient (Wildman–Crippen LogP) is 4.01. The van der Waals surface area contributed by atoms with Crippen LogP contribution in [0.2, 0.25) is 0 Å². The van der Waals surface area contributed by atoms with E-state index in [1.165, 1.54) is 0 Å². The van der Waals surface area contributed by atoms with Crippen LogP contribution in [-0.4, -0.2) is 27.9 Å². The molecule has 4 aromatic rings. The third kappa shape index (κ3) is 4.22. The number of para-hydroxylation sites is 2. The zero-order valence-corrected chi connectivity index (χ0v) is 16.8. The summed E-state index contributed by atoms with van der Waals surface area (Å²) in [5, 5.41) is 5.47. The Morgan fingerprint density at radius 3 is 2.37 bits per heavy atom. The molecule has 4 rings (SSSR count). The van der Waals surface area contributed by atoms with E-state index in [1.807, 2.05) is 73.0 Å². The number of benzene rings is 3. The summed E-state index contributed by atoms with van der Waals surface area (Å²) in [6.45, 7) is 3.78. The second-order valence-corrected chi connectivity index (χ2v) is 7.26. The maximum Gasteiger partial charge on any atom is 0.251 e. The molecule has 0 aliphatic rings. The highest BCUT2D eigenvalue weighted by Gasteiger charge is 2.10. The summed E-state index contributed by atoms with van der Waals surface area (Å²) in [4.78, 5) is 28.9. The number of carbonyl (C=O) groups is 2. The zero-order valence-electron chi connectivity index (χ0n) is 16.8. The number of imidazole rings is 1. The third-order valence-electron chi connectivity index (χ3n) is 4.78. The van der Waals surface area contributed by atoms with Crippen molar-refractivity contribution in [2.45, 2.75) is 13.8 Å². The molecular weight excluding hydrogens is 376 g/mol. The molecule has 6 nitrogen and oxygen atoms in total. The molecule has 0 unspecified atom stereocenters. The summed E-state index contributed by atoms with van der Waals surface area (Å²) in [5.74, 6) is -0.548. The quantitative estimate of drug-likeness (QED) is 0.533. The lowest BCUT2D eigenvalue weighted by Gasteiger charge is -2.09. The number of nitrogens with one attached hydrogen (secondary N) is 2. The van der Waals surface area contributed by atoms with Crippen molar-refractivity contribution >= 4 is 28.5 Å². The lowest BCUT2D eigenvalue weighted by molar-refractivity contribution is -0.115. The van der Waals surface area contributed by atoms with Crippen molar-refractivity contribution in [2.24, 2.45) is 0 Å². The van der Waals surface area contributed by atoms with Gasteiger partial charge >= 0.3 is 0 Å². The average Bonchev–Trinajstić information content (AvgIpc) is 3.16. The monoisotopic (exact) mass is 398 g/mol. The van der Waals surface area contributed by atoms with Gasteiger partial charge in [-0.05, 0) is 62.4 Å². The van der Waals surface area contributed by atoms with Gasteiger partial charge < -0.3 is 10.6 Å². The van der Waals surface area contributed by atoms with Crippen molar-refractivity contribution < 1.29 is 9.59 Å². The van der Waals surface area contributed by atoms with E-state index in [4.69, 9.17) is 0 Å².